The van der Waals surface area contributed by atoms with E-state index < -0.39 is 5.91 Å². The Morgan fingerprint density at radius 2 is 2.10 bits per heavy atom. The standard InChI is InChI=1S/C14H13N5O2/c1-8-9(2)19-7-3-4-10(13(19)15-8)16-14(21)11-5-6-12(20)18-17-11/h3-7H,1-2H3,(H,16,21)(H,18,20). The maximum atomic E-state index is 12.1. The van der Waals surface area contributed by atoms with Crippen molar-refractivity contribution in [2.75, 3.05) is 5.32 Å². The number of aromatic nitrogens is 4. The third-order valence-corrected chi connectivity index (χ3v) is 3.29. The molecule has 3 aromatic rings. The fourth-order valence-electron chi connectivity index (χ4n) is 2.05. The predicted octanol–water partition coefficient (Wildman–Crippen LogP) is 1.29. The molecule has 7 heteroatoms. The van der Waals surface area contributed by atoms with Gasteiger partial charge in [0.05, 0.1) is 11.4 Å². The van der Waals surface area contributed by atoms with Crippen molar-refractivity contribution in [3.05, 3.63) is 57.9 Å². The minimum atomic E-state index is -0.405. The Bertz CT molecular complexity index is 874. The van der Waals surface area contributed by atoms with E-state index in [9.17, 15) is 9.59 Å². The lowest BCUT2D eigenvalue weighted by Crippen LogP contribution is -2.18. The molecule has 21 heavy (non-hydrogen) atoms. The van der Waals surface area contributed by atoms with Gasteiger partial charge in [-0.05, 0) is 32.0 Å². The van der Waals surface area contributed by atoms with E-state index >= 15 is 0 Å². The second-order valence-corrected chi connectivity index (χ2v) is 4.66. The van der Waals surface area contributed by atoms with Crippen LogP contribution in [0.2, 0.25) is 0 Å². The van der Waals surface area contributed by atoms with Crippen molar-refractivity contribution >= 4 is 17.2 Å². The quantitative estimate of drug-likeness (QED) is 0.741. The lowest BCUT2D eigenvalue weighted by atomic mass is 10.3. The molecule has 0 aliphatic heterocycles. The molecule has 3 heterocycles. The molecule has 0 saturated heterocycles. The number of fused-ring (bicyclic) bond motifs is 1. The maximum Gasteiger partial charge on any atom is 0.276 e. The summed E-state index contributed by atoms with van der Waals surface area (Å²) in [4.78, 5) is 27.5. The van der Waals surface area contributed by atoms with Gasteiger partial charge in [0.15, 0.2) is 5.65 Å². The zero-order valence-electron chi connectivity index (χ0n) is 11.5. The van der Waals surface area contributed by atoms with Crippen LogP contribution in [0.3, 0.4) is 0 Å². The molecule has 1 amide bonds. The third kappa shape index (κ3) is 2.29. The zero-order valence-corrected chi connectivity index (χ0v) is 11.5. The Hall–Kier alpha value is -2.96. The molecular weight excluding hydrogens is 270 g/mol. The molecule has 0 bridgehead atoms. The maximum absolute atomic E-state index is 12.1. The summed E-state index contributed by atoms with van der Waals surface area (Å²) in [6.07, 6.45) is 1.89. The van der Waals surface area contributed by atoms with Gasteiger partial charge in [0.1, 0.15) is 5.69 Å². The normalized spacial score (nSPS) is 10.8. The minimum absolute atomic E-state index is 0.136. The first-order chi connectivity index (χ1) is 10.1. The molecule has 0 aliphatic carbocycles. The molecule has 0 aliphatic rings. The number of aryl methyl sites for hydroxylation is 2. The van der Waals surface area contributed by atoms with E-state index in [0.717, 1.165) is 11.4 Å². The Kier molecular flexibility index (Phi) is 3.02. The van der Waals surface area contributed by atoms with Gasteiger partial charge in [0, 0.05) is 18.0 Å². The topological polar surface area (TPSA) is 92.1 Å². The Morgan fingerprint density at radius 1 is 1.29 bits per heavy atom. The second kappa shape index (κ2) is 4.86. The van der Waals surface area contributed by atoms with Crippen molar-refractivity contribution in [2.24, 2.45) is 0 Å². The predicted molar refractivity (Wildman–Crippen MR) is 77.5 cm³/mol. The number of hydrogen-bond acceptors (Lipinski definition) is 4. The van der Waals surface area contributed by atoms with Crippen molar-refractivity contribution in [1.82, 2.24) is 19.6 Å². The van der Waals surface area contributed by atoms with Crippen LogP contribution in [0.5, 0.6) is 0 Å². The van der Waals surface area contributed by atoms with Gasteiger partial charge < -0.3 is 9.72 Å². The number of amides is 1. The molecule has 2 N–H and O–H groups in total. The van der Waals surface area contributed by atoms with E-state index in [1.165, 1.54) is 12.1 Å². The molecule has 3 rings (SSSR count). The number of hydrogen-bond donors (Lipinski definition) is 2. The van der Waals surface area contributed by atoms with Crippen molar-refractivity contribution in [3.63, 3.8) is 0 Å². The van der Waals surface area contributed by atoms with Crippen LogP contribution in [0.15, 0.2) is 35.3 Å². The average molecular weight is 283 g/mol. The summed E-state index contributed by atoms with van der Waals surface area (Å²) in [6, 6.07) is 6.23. The Morgan fingerprint density at radius 3 is 2.81 bits per heavy atom. The number of nitrogens with one attached hydrogen (secondary N) is 2. The average Bonchev–Trinajstić information content (AvgIpc) is 2.77. The molecule has 0 unspecified atom stereocenters. The zero-order chi connectivity index (χ0) is 15.0. The van der Waals surface area contributed by atoms with E-state index in [0.29, 0.717) is 11.3 Å². The van der Waals surface area contributed by atoms with Crippen LogP contribution < -0.4 is 10.9 Å². The van der Waals surface area contributed by atoms with Gasteiger partial charge in [-0.3, -0.25) is 9.59 Å². The van der Waals surface area contributed by atoms with Crippen molar-refractivity contribution in [1.29, 1.82) is 0 Å². The summed E-state index contributed by atoms with van der Waals surface area (Å²) in [5, 5.41) is 8.68. The number of aromatic amines is 1. The molecule has 0 aromatic carbocycles. The van der Waals surface area contributed by atoms with Crippen LogP contribution in [-0.4, -0.2) is 25.5 Å². The summed E-state index contributed by atoms with van der Waals surface area (Å²) >= 11 is 0. The van der Waals surface area contributed by atoms with Crippen LogP contribution >= 0.6 is 0 Å². The first kappa shape index (κ1) is 13.0. The molecule has 0 spiro atoms. The molecule has 3 aromatic heterocycles. The van der Waals surface area contributed by atoms with E-state index in [1.807, 2.05) is 30.5 Å². The highest BCUT2D eigenvalue weighted by molar-refractivity contribution is 6.04. The summed E-state index contributed by atoms with van der Waals surface area (Å²) in [5.41, 5.74) is 2.96. The highest BCUT2D eigenvalue weighted by atomic mass is 16.2. The largest absolute Gasteiger partial charge is 0.317 e. The van der Waals surface area contributed by atoms with Crippen molar-refractivity contribution < 1.29 is 4.79 Å². The summed E-state index contributed by atoms with van der Waals surface area (Å²) < 4.78 is 1.91. The van der Waals surface area contributed by atoms with Crippen LogP contribution in [0.25, 0.3) is 5.65 Å². The Balaban J connectivity index is 1.98. The molecule has 7 nitrogen and oxygen atoms in total. The second-order valence-electron chi connectivity index (χ2n) is 4.66. The molecule has 0 fully saturated rings. The number of carbonyl (C=O) groups excluding carboxylic acids is 1. The smallest absolute Gasteiger partial charge is 0.276 e. The number of nitrogens with zero attached hydrogens (tertiary/aromatic N) is 3. The highest BCUT2D eigenvalue weighted by Crippen LogP contribution is 2.19. The lowest BCUT2D eigenvalue weighted by molar-refractivity contribution is 0.102. The third-order valence-electron chi connectivity index (χ3n) is 3.29. The molecular formula is C14H13N5O2. The number of rotatable bonds is 2. The van der Waals surface area contributed by atoms with E-state index in [2.05, 4.69) is 20.5 Å². The molecule has 0 radical (unpaired) electrons. The van der Waals surface area contributed by atoms with Crippen molar-refractivity contribution in [2.45, 2.75) is 13.8 Å². The number of H-pyrrole nitrogens is 1. The summed E-state index contributed by atoms with van der Waals surface area (Å²) in [6.45, 7) is 3.88. The number of carbonyl (C=O) groups is 1. The number of anilines is 1. The molecule has 106 valence electrons. The SMILES string of the molecule is Cc1nc2c(NC(=O)c3ccc(=O)[nH]n3)cccn2c1C. The van der Waals surface area contributed by atoms with Crippen LogP contribution in [0, 0.1) is 13.8 Å². The van der Waals surface area contributed by atoms with Gasteiger partial charge in [-0.1, -0.05) is 0 Å². The molecule has 0 saturated carbocycles. The van der Waals surface area contributed by atoms with E-state index in [-0.39, 0.29) is 11.3 Å². The first-order valence-electron chi connectivity index (χ1n) is 6.37. The first-order valence-corrected chi connectivity index (χ1v) is 6.37. The summed E-state index contributed by atoms with van der Waals surface area (Å²) in [7, 11) is 0. The van der Waals surface area contributed by atoms with Gasteiger partial charge in [-0.2, -0.15) is 5.10 Å². The van der Waals surface area contributed by atoms with E-state index in [4.69, 9.17) is 0 Å². The summed E-state index contributed by atoms with van der Waals surface area (Å²) in [5.74, 6) is -0.405. The minimum Gasteiger partial charge on any atom is -0.317 e. The lowest BCUT2D eigenvalue weighted by Gasteiger charge is -2.06. The number of imidazole rings is 1. The van der Waals surface area contributed by atoms with Crippen LogP contribution in [0.1, 0.15) is 21.9 Å². The van der Waals surface area contributed by atoms with Gasteiger partial charge in [-0.25, -0.2) is 10.1 Å². The fraction of sp³-hybridized carbons (Fsp3) is 0.143. The van der Waals surface area contributed by atoms with Crippen molar-refractivity contribution in [3.8, 4) is 0 Å². The Labute approximate surface area is 119 Å². The van der Waals surface area contributed by atoms with Crippen LogP contribution in [0.4, 0.5) is 5.69 Å². The molecule has 0 atom stereocenters. The fourth-order valence-corrected chi connectivity index (χ4v) is 2.05. The van der Waals surface area contributed by atoms with E-state index in [1.54, 1.807) is 6.07 Å². The van der Waals surface area contributed by atoms with Gasteiger partial charge in [0.2, 0.25) is 0 Å². The van der Waals surface area contributed by atoms with Gasteiger partial charge in [0.25, 0.3) is 11.5 Å². The van der Waals surface area contributed by atoms with Gasteiger partial charge in [-0.15, -0.1) is 0 Å². The van der Waals surface area contributed by atoms with Crippen LogP contribution in [-0.2, 0) is 0 Å². The highest BCUT2D eigenvalue weighted by Gasteiger charge is 2.13. The monoisotopic (exact) mass is 283 g/mol. The van der Waals surface area contributed by atoms with Gasteiger partial charge >= 0.3 is 0 Å². The number of pyridine rings is 1.